The number of rotatable bonds is 6. The molecule has 27 heavy (non-hydrogen) atoms. The zero-order valence-electron chi connectivity index (χ0n) is 15.2. The highest BCUT2D eigenvalue weighted by molar-refractivity contribution is 7.92. The van der Waals surface area contributed by atoms with Crippen LogP contribution in [0.3, 0.4) is 0 Å². The Morgan fingerprint density at radius 1 is 1.04 bits per heavy atom. The van der Waals surface area contributed by atoms with E-state index in [1.54, 1.807) is 10.7 Å². The molecule has 1 N–H and O–H groups in total. The zero-order chi connectivity index (χ0) is 18.9. The molecule has 4 rings (SSSR count). The molecule has 0 radical (unpaired) electrons. The van der Waals surface area contributed by atoms with Gasteiger partial charge in [0.25, 0.3) is 10.0 Å². The first-order valence-electron chi connectivity index (χ1n) is 8.91. The van der Waals surface area contributed by atoms with Gasteiger partial charge < -0.3 is 0 Å². The zero-order valence-corrected chi connectivity index (χ0v) is 16.0. The van der Waals surface area contributed by atoms with E-state index < -0.39 is 10.0 Å². The maximum absolute atomic E-state index is 13.0. The molecule has 0 atom stereocenters. The van der Waals surface area contributed by atoms with Gasteiger partial charge in [0.2, 0.25) is 0 Å². The molecule has 140 valence electrons. The molecular weight excluding hydrogens is 360 g/mol. The molecule has 0 fully saturated rings. The minimum absolute atomic E-state index is 0.183. The fourth-order valence-electron chi connectivity index (χ4n) is 3.48. The highest BCUT2D eigenvalue weighted by Crippen LogP contribution is 2.29. The Labute approximate surface area is 159 Å². The molecule has 2 aromatic carbocycles. The number of nitrogens with zero attached hydrogens (tertiary/aromatic N) is 3. The number of hydrogen-bond donors (Lipinski definition) is 1. The van der Waals surface area contributed by atoms with Crippen molar-refractivity contribution in [2.24, 2.45) is 0 Å². The van der Waals surface area contributed by atoms with Gasteiger partial charge in [0.05, 0.1) is 11.9 Å². The van der Waals surface area contributed by atoms with Crippen LogP contribution in [0.1, 0.15) is 16.7 Å². The second-order valence-corrected chi connectivity index (χ2v) is 8.48. The van der Waals surface area contributed by atoms with E-state index >= 15 is 0 Å². The smallest absolute Gasteiger partial charge is 0.279 e. The molecule has 2 heterocycles. The molecule has 1 aliphatic rings. The Hall–Kier alpha value is -2.64. The van der Waals surface area contributed by atoms with Gasteiger partial charge in [0.1, 0.15) is 0 Å². The van der Waals surface area contributed by atoms with Crippen molar-refractivity contribution in [2.75, 3.05) is 11.8 Å². The molecule has 0 bridgehead atoms. The van der Waals surface area contributed by atoms with E-state index in [4.69, 9.17) is 0 Å². The second-order valence-electron chi connectivity index (χ2n) is 6.85. The molecule has 3 aromatic rings. The lowest BCUT2D eigenvalue weighted by molar-refractivity contribution is 0.353. The normalized spacial score (nSPS) is 14.3. The van der Waals surface area contributed by atoms with Crippen LogP contribution in [-0.4, -0.2) is 30.1 Å². The predicted molar refractivity (Wildman–Crippen MR) is 105 cm³/mol. The molecule has 0 amide bonds. The Morgan fingerprint density at radius 2 is 1.85 bits per heavy atom. The van der Waals surface area contributed by atoms with E-state index in [0.29, 0.717) is 12.2 Å². The number of nitrogens with one attached hydrogen (secondary N) is 1. The summed E-state index contributed by atoms with van der Waals surface area (Å²) in [6.07, 6.45) is 2.25. The quantitative estimate of drug-likeness (QED) is 0.712. The van der Waals surface area contributed by atoms with Gasteiger partial charge in [-0.2, -0.15) is 13.5 Å². The number of aromatic nitrogens is 2. The Kier molecular flexibility index (Phi) is 4.72. The van der Waals surface area contributed by atoms with Crippen molar-refractivity contribution in [3.8, 4) is 0 Å². The lowest BCUT2D eigenvalue weighted by atomic mass is 10.1. The highest BCUT2D eigenvalue weighted by Gasteiger charge is 2.24. The summed E-state index contributed by atoms with van der Waals surface area (Å²) >= 11 is 0. The molecule has 0 aliphatic carbocycles. The first kappa shape index (κ1) is 17.8. The van der Waals surface area contributed by atoms with Crippen molar-refractivity contribution in [2.45, 2.75) is 31.1 Å². The number of aryl methyl sites for hydroxylation is 2. The summed E-state index contributed by atoms with van der Waals surface area (Å²) in [5, 5.41) is 4.40. The van der Waals surface area contributed by atoms with E-state index in [2.05, 4.69) is 14.7 Å². The van der Waals surface area contributed by atoms with Crippen molar-refractivity contribution in [1.82, 2.24) is 14.7 Å². The summed E-state index contributed by atoms with van der Waals surface area (Å²) in [5.41, 5.74) is 4.00. The lowest BCUT2D eigenvalue weighted by Gasteiger charge is -2.13. The van der Waals surface area contributed by atoms with Crippen molar-refractivity contribution in [3.63, 3.8) is 0 Å². The van der Waals surface area contributed by atoms with Gasteiger partial charge in [-0.25, -0.2) is 0 Å². The lowest BCUT2D eigenvalue weighted by Crippen LogP contribution is -2.19. The number of benzene rings is 2. The van der Waals surface area contributed by atoms with Crippen LogP contribution in [0.2, 0.25) is 0 Å². The van der Waals surface area contributed by atoms with Gasteiger partial charge in [-0.15, -0.1) is 0 Å². The standard InChI is InChI=1S/C20H22N4O2S/c1-23-14-17-8-5-9-19(18(17)15-23)22-27(25,26)20-10-12-21-24(20)13-11-16-6-3-2-4-7-16/h2-10,12,22H,11,13-15H2,1H3. The third-order valence-electron chi connectivity index (χ3n) is 4.79. The molecule has 6 nitrogen and oxygen atoms in total. The van der Waals surface area contributed by atoms with Crippen LogP contribution in [0.5, 0.6) is 0 Å². The number of anilines is 1. The molecule has 0 unspecified atom stereocenters. The monoisotopic (exact) mass is 382 g/mol. The summed E-state index contributed by atoms with van der Waals surface area (Å²) < 4.78 is 30.3. The molecule has 1 aromatic heterocycles. The minimum atomic E-state index is -3.71. The summed E-state index contributed by atoms with van der Waals surface area (Å²) in [6, 6.07) is 17.3. The van der Waals surface area contributed by atoms with Gasteiger partial charge in [0, 0.05) is 19.6 Å². The van der Waals surface area contributed by atoms with Crippen LogP contribution >= 0.6 is 0 Å². The minimum Gasteiger partial charge on any atom is -0.298 e. The van der Waals surface area contributed by atoms with E-state index in [1.807, 2.05) is 55.6 Å². The maximum atomic E-state index is 13.0. The van der Waals surface area contributed by atoms with E-state index in [0.717, 1.165) is 36.2 Å². The van der Waals surface area contributed by atoms with Crippen molar-refractivity contribution >= 4 is 15.7 Å². The average Bonchev–Trinajstić information content (AvgIpc) is 3.27. The van der Waals surface area contributed by atoms with Crippen LogP contribution in [-0.2, 0) is 36.1 Å². The Bertz CT molecular complexity index is 1040. The van der Waals surface area contributed by atoms with Crippen molar-refractivity contribution in [1.29, 1.82) is 0 Å². The summed E-state index contributed by atoms with van der Waals surface area (Å²) in [6.45, 7) is 2.07. The predicted octanol–water partition coefficient (Wildman–Crippen LogP) is 2.87. The van der Waals surface area contributed by atoms with Gasteiger partial charge in [0.15, 0.2) is 5.03 Å². The second kappa shape index (κ2) is 7.17. The molecule has 1 aliphatic heterocycles. The van der Waals surface area contributed by atoms with Crippen LogP contribution < -0.4 is 4.72 Å². The van der Waals surface area contributed by atoms with E-state index in [1.165, 1.54) is 6.20 Å². The topological polar surface area (TPSA) is 67.2 Å². The van der Waals surface area contributed by atoms with Crippen LogP contribution in [0.25, 0.3) is 0 Å². The van der Waals surface area contributed by atoms with E-state index in [-0.39, 0.29) is 5.03 Å². The molecule has 0 saturated carbocycles. The van der Waals surface area contributed by atoms with Crippen molar-refractivity contribution < 1.29 is 8.42 Å². The molecule has 0 saturated heterocycles. The fourth-order valence-corrected chi connectivity index (χ4v) is 4.72. The fraction of sp³-hybridized carbons (Fsp3) is 0.250. The van der Waals surface area contributed by atoms with Crippen LogP contribution in [0, 0.1) is 0 Å². The highest BCUT2D eigenvalue weighted by atomic mass is 32.2. The molecular formula is C20H22N4O2S. The van der Waals surface area contributed by atoms with Gasteiger partial charge in [-0.3, -0.25) is 14.3 Å². The summed E-state index contributed by atoms with van der Waals surface area (Å²) in [5.74, 6) is 0. The average molecular weight is 382 g/mol. The Balaban J connectivity index is 1.56. The van der Waals surface area contributed by atoms with E-state index in [9.17, 15) is 8.42 Å². The largest absolute Gasteiger partial charge is 0.298 e. The van der Waals surface area contributed by atoms with Crippen LogP contribution in [0.15, 0.2) is 65.8 Å². The number of fused-ring (bicyclic) bond motifs is 1. The SMILES string of the molecule is CN1Cc2cccc(NS(=O)(=O)c3ccnn3CCc3ccccc3)c2C1. The summed E-state index contributed by atoms with van der Waals surface area (Å²) in [4.78, 5) is 2.16. The molecule has 0 spiro atoms. The maximum Gasteiger partial charge on any atom is 0.279 e. The Morgan fingerprint density at radius 3 is 2.67 bits per heavy atom. The summed E-state index contributed by atoms with van der Waals surface area (Å²) in [7, 11) is -1.69. The first-order valence-corrected chi connectivity index (χ1v) is 10.4. The third kappa shape index (κ3) is 3.74. The number of sulfonamides is 1. The first-order chi connectivity index (χ1) is 13.0. The third-order valence-corrected chi connectivity index (χ3v) is 6.18. The number of hydrogen-bond acceptors (Lipinski definition) is 4. The van der Waals surface area contributed by atoms with Gasteiger partial charge in [-0.1, -0.05) is 42.5 Å². The van der Waals surface area contributed by atoms with Gasteiger partial charge >= 0.3 is 0 Å². The van der Waals surface area contributed by atoms with Crippen LogP contribution in [0.4, 0.5) is 5.69 Å². The van der Waals surface area contributed by atoms with Crippen molar-refractivity contribution in [3.05, 3.63) is 77.5 Å². The molecule has 7 heteroatoms. The van der Waals surface area contributed by atoms with Gasteiger partial charge in [-0.05, 0) is 42.3 Å².